The number of aromatic nitrogens is 2. The molecule has 6 rings (SSSR count). The van der Waals surface area contributed by atoms with Crippen molar-refractivity contribution in [3.05, 3.63) is 131 Å². The van der Waals surface area contributed by atoms with Gasteiger partial charge in [-0.05, 0) is 78.9 Å². The number of benzene rings is 4. The maximum atomic E-state index is 14.2. The minimum absolute atomic E-state index is 0.0474. The number of nitrogens with zero attached hydrogens (tertiary/aromatic N) is 3. The summed E-state index contributed by atoms with van der Waals surface area (Å²) in [7, 11) is 0. The van der Waals surface area contributed by atoms with E-state index in [0.717, 1.165) is 24.0 Å². The van der Waals surface area contributed by atoms with Gasteiger partial charge in [0.2, 0.25) is 5.91 Å². The highest BCUT2D eigenvalue weighted by molar-refractivity contribution is 5.96. The molecule has 1 aliphatic rings. The van der Waals surface area contributed by atoms with Crippen molar-refractivity contribution in [3.8, 4) is 17.0 Å². The lowest BCUT2D eigenvalue weighted by Crippen LogP contribution is -2.47. The number of rotatable bonds is 11. The number of carbonyl (C=O) groups excluding carboxylic acids is 2. The average molecular weight is 651 g/mol. The van der Waals surface area contributed by atoms with Crippen LogP contribution >= 0.6 is 0 Å². The smallest absolute Gasteiger partial charge is 0.255 e. The fourth-order valence-corrected chi connectivity index (χ4v) is 5.83. The first-order chi connectivity index (χ1) is 23.2. The van der Waals surface area contributed by atoms with E-state index in [1.165, 1.54) is 30.3 Å². The fraction of sp³-hybridized carbons (Fsp3) is 0.216. The highest BCUT2D eigenvalue weighted by atomic mass is 19.1. The summed E-state index contributed by atoms with van der Waals surface area (Å²) in [5, 5.41) is 16.0. The Balaban J connectivity index is 1.06. The molecule has 9 nitrogen and oxygen atoms in total. The van der Waals surface area contributed by atoms with E-state index in [2.05, 4.69) is 10.6 Å². The molecular weight excluding hydrogens is 614 g/mol. The van der Waals surface area contributed by atoms with Crippen LogP contribution in [0.3, 0.4) is 0 Å². The van der Waals surface area contributed by atoms with Crippen molar-refractivity contribution < 1.29 is 23.5 Å². The molecule has 5 N–H and O–H groups in total. The molecule has 11 heteroatoms. The molecule has 246 valence electrons. The van der Waals surface area contributed by atoms with Crippen LogP contribution in [0.5, 0.6) is 5.75 Å². The lowest BCUT2D eigenvalue weighted by Gasteiger charge is -2.30. The number of amides is 2. The molecule has 0 radical (unpaired) electrons. The molecule has 4 aromatic carbocycles. The molecule has 1 aromatic heterocycles. The van der Waals surface area contributed by atoms with Crippen molar-refractivity contribution >= 4 is 23.3 Å². The zero-order chi connectivity index (χ0) is 33.6. The van der Waals surface area contributed by atoms with Gasteiger partial charge in [-0.1, -0.05) is 48.5 Å². The number of para-hydroxylation sites is 1. The molecule has 48 heavy (non-hydrogen) atoms. The maximum Gasteiger partial charge on any atom is 0.255 e. The standard InChI is InChI=1S/C37H36F2N6O3/c38-27-14-16-29(17-15-27)42-35-34(26-6-3-7-28(39)22-26)43-33-23-44(19-20-45(33)35)37(48)31(40)21-25-12-10-24(11-13-25)5-4-18-41-36(47)30-8-1-2-9-32(30)46/h1-3,6-17,22,31,42,46H,4-5,18-21,23,40H2,(H,41,47)/t31-/m0/s1. The monoisotopic (exact) mass is 650 g/mol. The summed E-state index contributed by atoms with van der Waals surface area (Å²) in [6, 6.07) is 25.7. The van der Waals surface area contributed by atoms with Crippen LogP contribution in [0, 0.1) is 11.6 Å². The molecule has 2 heterocycles. The number of anilines is 2. The number of hydrogen-bond acceptors (Lipinski definition) is 6. The Morgan fingerprint density at radius 1 is 0.896 bits per heavy atom. The van der Waals surface area contributed by atoms with Gasteiger partial charge in [0.1, 0.15) is 34.7 Å². The van der Waals surface area contributed by atoms with Gasteiger partial charge in [0.25, 0.3) is 5.91 Å². The number of fused-ring (bicyclic) bond motifs is 1. The van der Waals surface area contributed by atoms with Crippen LogP contribution in [-0.2, 0) is 30.7 Å². The number of phenols is 1. The summed E-state index contributed by atoms with van der Waals surface area (Å²) in [4.78, 5) is 32.3. The van der Waals surface area contributed by atoms with Gasteiger partial charge in [-0.15, -0.1) is 0 Å². The van der Waals surface area contributed by atoms with Crippen molar-refractivity contribution in [3.63, 3.8) is 0 Å². The number of carbonyl (C=O) groups is 2. The molecule has 0 fully saturated rings. The Morgan fingerprint density at radius 3 is 2.40 bits per heavy atom. The van der Waals surface area contributed by atoms with E-state index in [4.69, 9.17) is 10.7 Å². The van der Waals surface area contributed by atoms with Gasteiger partial charge in [0, 0.05) is 30.9 Å². The number of hydrogen-bond donors (Lipinski definition) is 4. The van der Waals surface area contributed by atoms with Gasteiger partial charge in [-0.3, -0.25) is 9.59 Å². The molecule has 1 aliphatic heterocycles. The molecule has 0 saturated heterocycles. The Kier molecular flexibility index (Phi) is 9.77. The van der Waals surface area contributed by atoms with Crippen molar-refractivity contribution in [2.75, 3.05) is 18.4 Å². The Bertz CT molecular complexity index is 1910. The number of nitrogens with one attached hydrogen (secondary N) is 2. The topological polar surface area (TPSA) is 126 Å². The molecule has 0 spiro atoms. The number of aromatic hydroxyl groups is 1. The zero-order valence-corrected chi connectivity index (χ0v) is 26.2. The third kappa shape index (κ3) is 7.53. The zero-order valence-electron chi connectivity index (χ0n) is 26.2. The second-order valence-corrected chi connectivity index (χ2v) is 11.8. The summed E-state index contributed by atoms with van der Waals surface area (Å²) >= 11 is 0. The van der Waals surface area contributed by atoms with Crippen molar-refractivity contribution in [1.29, 1.82) is 0 Å². The van der Waals surface area contributed by atoms with Crippen molar-refractivity contribution in [1.82, 2.24) is 19.8 Å². The van der Waals surface area contributed by atoms with Crippen LogP contribution < -0.4 is 16.4 Å². The molecule has 0 bridgehead atoms. The molecule has 1 atom stereocenters. The van der Waals surface area contributed by atoms with E-state index in [9.17, 15) is 23.5 Å². The fourth-order valence-electron chi connectivity index (χ4n) is 5.83. The van der Waals surface area contributed by atoms with Crippen molar-refractivity contribution in [2.24, 2.45) is 5.73 Å². The summed E-state index contributed by atoms with van der Waals surface area (Å²) < 4.78 is 29.7. The van der Waals surface area contributed by atoms with E-state index >= 15 is 0 Å². The van der Waals surface area contributed by atoms with Crippen LogP contribution in [0.25, 0.3) is 11.3 Å². The van der Waals surface area contributed by atoms with Gasteiger partial charge < -0.3 is 30.9 Å². The van der Waals surface area contributed by atoms with Crippen LogP contribution in [-0.4, -0.2) is 50.5 Å². The van der Waals surface area contributed by atoms with Gasteiger partial charge in [0.15, 0.2) is 0 Å². The minimum atomic E-state index is -0.749. The first kappa shape index (κ1) is 32.4. The third-order valence-corrected chi connectivity index (χ3v) is 8.36. The highest BCUT2D eigenvalue weighted by Gasteiger charge is 2.29. The first-order valence-corrected chi connectivity index (χ1v) is 15.8. The number of imidazole rings is 1. The van der Waals surface area contributed by atoms with Crippen LogP contribution in [0.15, 0.2) is 97.1 Å². The van der Waals surface area contributed by atoms with Crippen LogP contribution in [0.4, 0.5) is 20.3 Å². The molecule has 0 aliphatic carbocycles. The van der Waals surface area contributed by atoms with Crippen LogP contribution in [0.2, 0.25) is 0 Å². The Labute approximate surface area is 277 Å². The summed E-state index contributed by atoms with van der Waals surface area (Å²) in [6.07, 6.45) is 1.85. The third-order valence-electron chi connectivity index (χ3n) is 8.36. The van der Waals surface area contributed by atoms with E-state index in [1.54, 1.807) is 47.4 Å². The molecular formula is C37H36F2N6O3. The van der Waals surface area contributed by atoms with Gasteiger partial charge >= 0.3 is 0 Å². The molecule has 0 unspecified atom stereocenters. The van der Waals surface area contributed by atoms with Crippen molar-refractivity contribution in [2.45, 2.75) is 38.4 Å². The molecule has 5 aromatic rings. The van der Waals surface area contributed by atoms with Gasteiger partial charge in [0.05, 0.1) is 18.2 Å². The predicted molar refractivity (Wildman–Crippen MR) is 180 cm³/mol. The number of phenolic OH excluding ortho intramolecular Hbond substituents is 1. The largest absolute Gasteiger partial charge is 0.507 e. The maximum absolute atomic E-state index is 14.2. The second-order valence-electron chi connectivity index (χ2n) is 11.8. The summed E-state index contributed by atoms with van der Waals surface area (Å²) in [6.45, 7) is 1.56. The minimum Gasteiger partial charge on any atom is -0.507 e. The van der Waals surface area contributed by atoms with Gasteiger partial charge in [-0.2, -0.15) is 0 Å². The summed E-state index contributed by atoms with van der Waals surface area (Å²) in [5.74, 6) is -0.0246. The van der Waals surface area contributed by atoms with Gasteiger partial charge in [-0.25, -0.2) is 13.8 Å². The number of nitrogens with two attached hydrogens (primary N) is 1. The first-order valence-electron chi connectivity index (χ1n) is 15.8. The quantitative estimate of drug-likeness (QED) is 0.139. The van der Waals surface area contributed by atoms with E-state index < -0.39 is 11.9 Å². The molecule has 2 amide bonds. The van der Waals surface area contributed by atoms with E-state index in [-0.39, 0.29) is 35.5 Å². The Morgan fingerprint density at radius 2 is 1.65 bits per heavy atom. The predicted octanol–water partition coefficient (Wildman–Crippen LogP) is 5.55. The molecule has 0 saturated carbocycles. The lowest BCUT2D eigenvalue weighted by molar-refractivity contribution is -0.134. The highest BCUT2D eigenvalue weighted by Crippen LogP contribution is 2.33. The normalized spacial score (nSPS) is 13.1. The van der Waals surface area contributed by atoms with E-state index in [0.29, 0.717) is 54.6 Å². The Hall–Kier alpha value is -5.55. The number of aryl methyl sites for hydroxylation is 1. The van der Waals surface area contributed by atoms with E-state index in [1.807, 2.05) is 28.8 Å². The lowest BCUT2D eigenvalue weighted by atomic mass is 10.0. The SMILES string of the molecule is N[C@@H](Cc1ccc(CCCNC(=O)c2ccccc2O)cc1)C(=O)N1CCn2c(nc(-c3cccc(F)c3)c2Nc2ccc(F)cc2)C1. The summed E-state index contributed by atoms with van der Waals surface area (Å²) in [5.41, 5.74) is 10.5. The second kappa shape index (κ2) is 14.5. The number of halogens is 2. The average Bonchev–Trinajstić information content (AvgIpc) is 3.45. The van der Waals surface area contributed by atoms with Crippen LogP contribution in [0.1, 0.15) is 33.7 Å².